The number of nitrogens with two attached hydrogens (primary N) is 2. The molecule has 0 amide bonds. The van der Waals surface area contributed by atoms with Gasteiger partial charge in [-0.25, -0.2) is 24.5 Å². The van der Waals surface area contributed by atoms with E-state index in [9.17, 15) is 23.7 Å². The fourth-order valence-corrected chi connectivity index (χ4v) is 3.82. The van der Waals surface area contributed by atoms with E-state index in [4.69, 9.17) is 54.4 Å². The standard InChI is InChI=1S/C19H30N5O10P.C4H7NO4/c1-12(2)33-18(25)28-9-31-35(27,32-10-29-19(26)34-13(3)4)11-30-14(5)6-24-8-23-15-16(20)21-7-22-17(15)24;5-2(4(8)9)1-3(6)7/h7-8,12-14H,6,9-11H2,1-5H3,(H2,20,21,22);2H,1,5H2,(H,6,7)(H,8,9)/t14-;2-/m10/s1. The Bertz CT molecular complexity index is 1260. The van der Waals surface area contributed by atoms with Gasteiger partial charge in [-0.15, -0.1) is 0 Å². The first-order valence-corrected chi connectivity index (χ1v) is 14.5. The van der Waals surface area contributed by atoms with E-state index >= 15 is 0 Å². The smallest absolute Gasteiger partial charge is 0.481 e. The molecule has 2 aromatic rings. The van der Waals surface area contributed by atoms with E-state index in [1.54, 1.807) is 39.2 Å². The summed E-state index contributed by atoms with van der Waals surface area (Å²) >= 11 is 0. The maximum absolute atomic E-state index is 13.1. The lowest BCUT2D eigenvalue weighted by molar-refractivity contribution is -0.144. The van der Waals surface area contributed by atoms with Crippen LogP contribution in [0.3, 0.4) is 0 Å². The summed E-state index contributed by atoms with van der Waals surface area (Å²) in [5.74, 6) is -2.26. The number of carboxylic acids is 2. The van der Waals surface area contributed by atoms with Crippen LogP contribution in [0.2, 0.25) is 0 Å². The van der Waals surface area contributed by atoms with Gasteiger partial charge in [-0.1, -0.05) is 0 Å². The second kappa shape index (κ2) is 18.5. The Labute approximate surface area is 251 Å². The van der Waals surface area contributed by atoms with Crippen LogP contribution < -0.4 is 11.5 Å². The van der Waals surface area contributed by atoms with Crippen molar-refractivity contribution in [3.8, 4) is 0 Å². The number of carboxylic acid groups (broad SMARTS) is 2. The maximum Gasteiger partial charge on any atom is 0.510 e. The molecule has 0 unspecified atom stereocenters. The van der Waals surface area contributed by atoms with E-state index in [1.807, 2.05) is 0 Å². The highest BCUT2D eigenvalue weighted by atomic mass is 31.2. The molecular weight excluding hydrogens is 615 g/mol. The van der Waals surface area contributed by atoms with Crippen LogP contribution >= 0.6 is 7.60 Å². The predicted molar refractivity (Wildman–Crippen MR) is 148 cm³/mol. The van der Waals surface area contributed by atoms with Crippen LogP contribution in [0.5, 0.6) is 0 Å². The lowest BCUT2D eigenvalue weighted by Crippen LogP contribution is -2.32. The zero-order valence-electron chi connectivity index (χ0n) is 24.7. The molecule has 248 valence electrons. The number of hydrogen-bond acceptors (Lipinski definition) is 17. The largest absolute Gasteiger partial charge is 0.510 e. The van der Waals surface area contributed by atoms with Crippen molar-refractivity contribution in [2.75, 3.05) is 25.7 Å². The van der Waals surface area contributed by atoms with E-state index < -0.39 is 82.6 Å². The topological polar surface area (TPSA) is 286 Å². The van der Waals surface area contributed by atoms with Crippen molar-refractivity contribution in [2.45, 2.75) is 71.9 Å². The Balaban J connectivity index is 0.000000930. The minimum absolute atomic E-state index is 0.237. The number of fused-ring (bicyclic) bond motifs is 1. The summed E-state index contributed by atoms with van der Waals surface area (Å²) < 4.78 is 49.7. The summed E-state index contributed by atoms with van der Waals surface area (Å²) in [5, 5.41) is 16.0. The highest BCUT2D eigenvalue weighted by Crippen LogP contribution is 2.48. The summed E-state index contributed by atoms with van der Waals surface area (Å²) in [6, 6.07) is -1.29. The van der Waals surface area contributed by atoms with Crippen LogP contribution in [-0.2, 0) is 53.4 Å². The van der Waals surface area contributed by atoms with Gasteiger partial charge in [0.05, 0.1) is 37.6 Å². The summed E-state index contributed by atoms with van der Waals surface area (Å²) in [6.07, 6.45) is -1.67. The summed E-state index contributed by atoms with van der Waals surface area (Å²) in [5.41, 5.74) is 11.6. The SMILES string of the molecule is CC(C)OC(=O)OCOP(=O)(CO[C@H](C)Cn1cnc2c(N)ncnc21)OCOC(=O)OC(C)C.N[C@@H](CC(=O)O)C(=O)O. The average Bonchev–Trinajstić information content (AvgIpc) is 3.30. The molecule has 0 spiro atoms. The number of nitrogen functional groups attached to an aromatic ring is 1. The molecule has 21 heteroatoms. The first-order chi connectivity index (χ1) is 20.5. The van der Waals surface area contributed by atoms with Crippen molar-refractivity contribution >= 4 is 48.8 Å². The van der Waals surface area contributed by atoms with Crippen LogP contribution in [-0.4, -0.2) is 98.3 Å². The average molecular weight is 653 g/mol. The molecule has 44 heavy (non-hydrogen) atoms. The van der Waals surface area contributed by atoms with E-state index in [0.717, 1.165) is 0 Å². The van der Waals surface area contributed by atoms with Gasteiger partial charge in [-0.3, -0.25) is 23.2 Å². The number of carbonyl (C=O) groups is 4. The van der Waals surface area contributed by atoms with Gasteiger partial charge in [0.1, 0.15) is 24.2 Å². The fraction of sp³-hybridized carbons (Fsp3) is 0.609. The van der Waals surface area contributed by atoms with Gasteiger partial charge in [-0.2, -0.15) is 0 Å². The van der Waals surface area contributed by atoms with Gasteiger partial charge in [-0.05, 0) is 34.6 Å². The summed E-state index contributed by atoms with van der Waals surface area (Å²) in [6.45, 7) is 6.98. The molecule has 20 nitrogen and oxygen atoms in total. The van der Waals surface area contributed by atoms with Gasteiger partial charge >= 0.3 is 31.8 Å². The van der Waals surface area contributed by atoms with Crippen molar-refractivity contribution in [1.82, 2.24) is 19.5 Å². The molecule has 0 bridgehead atoms. The maximum atomic E-state index is 13.1. The lowest BCUT2D eigenvalue weighted by Gasteiger charge is -2.21. The Hall–Kier alpha value is -4.10. The fourth-order valence-electron chi connectivity index (χ4n) is 2.73. The second-order valence-electron chi connectivity index (χ2n) is 9.20. The molecule has 6 N–H and O–H groups in total. The highest BCUT2D eigenvalue weighted by molar-refractivity contribution is 7.53. The first kappa shape index (κ1) is 37.9. The van der Waals surface area contributed by atoms with Crippen molar-refractivity contribution in [3.05, 3.63) is 12.7 Å². The van der Waals surface area contributed by atoms with Crippen molar-refractivity contribution in [2.24, 2.45) is 5.73 Å². The van der Waals surface area contributed by atoms with Crippen molar-refractivity contribution in [1.29, 1.82) is 0 Å². The number of aliphatic carboxylic acids is 2. The van der Waals surface area contributed by atoms with Crippen molar-refractivity contribution < 1.29 is 66.7 Å². The molecular formula is C23H37N6O14P. The van der Waals surface area contributed by atoms with E-state index in [-0.39, 0.29) is 12.4 Å². The summed E-state index contributed by atoms with van der Waals surface area (Å²) in [4.78, 5) is 54.9. The van der Waals surface area contributed by atoms with E-state index in [1.165, 1.54) is 12.7 Å². The first-order valence-electron chi connectivity index (χ1n) is 12.8. The van der Waals surface area contributed by atoms with Gasteiger partial charge in [0.2, 0.25) is 13.6 Å². The quantitative estimate of drug-likeness (QED) is 0.114. The number of ether oxygens (including phenoxy) is 5. The Kier molecular flexibility index (Phi) is 16.0. The van der Waals surface area contributed by atoms with Gasteiger partial charge < -0.3 is 49.9 Å². The number of carbonyl (C=O) groups excluding carboxylic acids is 2. The van der Waals surface area contributed by atoms with E-state index in [0.29, 0.717) is 11.2 Å². The molecule has 0 aliphatic rings. The molecule has 0 radical (unpaired) electrons. The van der Waals surface area contributed by atoms with E-state index in [2.05, 4.69) is 15.0 Å². The number of aromatic nitrogens is 4. The van der Waals surface area contributed by atoms with Crippen LogP contribution in [0, 0.1) is 0 Å². The molecule has 0 aliphatic carbocycles. The molecule has 2 heterocycles. The predicted octanol–water partition coefficient (Wildman–Crippen LogP) is 1.91. The molecule has 0 aromatic carbocycles. The number of rotatable bonds is 16. The molecule has 0 saturated heterocycles. The highest BCUT2D eigenvalue weighted by Gasteiger charge is 2.29. The Morgan fingerprint density at radius 1 is 0.932 bits per heavy atom. The van der Waals surface area contributed by atoms with Crippen LogP contribution in [0.15, 0.2) is 12.7 Å². The third-order valence-corrected chi connectivity index (χ3v) is 6.09. The minimum Gasteiger partial charge on any atom is -0.481 e. The normalized spacial score (nSPS) is 12.6. The molecule has 2 atom stereocenters. The Morgan fingerprint density at radius 3 is 1.93 bits per heavy atom. The monoisotopic (exact) mass is 652 g/mol. The summed E-state index contributed by atoms with van der Waals surface area (Å²) in [7, 11) is -4.06. The Morgan fingerprint density at radius 2 is 1.48 bits per heavy atom. The zero-order chi connectivity index (χ0) is 33.4. The van der Waals surface area contributed by atoms with Gasteiger partial charge in [0, 0.05) is 0 Å². The zero-order valence-corrected chi connectivity index (χ0v) is 25.6. The minimum atomic E-state index is -4.06. The number of nitrogens with zero attached hydrogens (tertiary/aromatic N) is 4. The van der Waals surface area contributed by atoms with Gasteiger partial charge in [0.15, 0.2) is 11.5 Å². The molecule has 0 saturated carbocycles. The third-order valence-electron chi connectivity index (χ3n) is 4.63. The number of hydrogen-bond donors (Lipinski definition) is 4. The number of imidazole rings is 1. The molecule has 2 rings (SSSR count). The second-order valence-corrected chi connectivity index (χ2v) is 11.2. The third kappa shape index (κ3) is 14.9. The van der Waals surface area contributed by atoms with Crippen LogP contribution in [0.1, 0.15) is 41.0 Å². The lowest BCUT2D eigenvalue weighted by atomic mass is 10.2. The van der Waals surface area contributed by atoms with Gasteiger partial charge in [0.25, 0.3) is 0 Å². The molecule has 2 aromatic heterocycles. The van der Waals surface area contributed by atoms with Crippen molar-refractivity contribution in [3.63, 3.8) is 0 Å². The van der Waals surface area contributed by atoms with Crippen LogP contribution in [0.4, 0.5) is 15.4 Å². The van der Waals surface area contributed by atoms with Crippen LogP contribution in [0.25, 0.3) is 11.2 Å². The molecule has 0 fully saturated rings. The number of anilines is 1. The molecule has 0 aliphatic heterocycles.